The highest BCUT2D eigenvalue weighted by molar-refractivity contribution is 5.82. The highest BCUT2D eigenvalue weighted by Crippen LogP contribution is 2.32. The number of nitrogens with one attached hydrogen (secondary N) is 1. The third kappa shape index (κ3) is 4.05. The number of rotatable bonds is 4. The maximum Gasteiger partial charge on any atom is 0.246 e. The second-order valence-corrected chi connectivity index (χ2v) is 7.12. The van der Waals surface area contributed by atoms with Crippen molar-refractivity contribution in [3.63, 3.8) is 0 Å². The Morgan fingerprint density at radius 1 is 1.13 bits per heavy atom. The van der Waals surface area contributed by atoms with Crippen molar-refractivity contribution in [1.82, 2.24) is 19.5 Å². The smallest absolute Gasteiger partial charge is 0.246 e. The maximum absolute atomic E-state index is 12.6. The zero-order valence-electron chi connectivity index (χ0n) is 14.3. The first-order valence-corrected chi connectivity index (χ1v) is 8.85. The van der Waals surface area contributed by atoms with Crippen LogP contribution in [-0.4, -0.2) is 64.6 Å². The third-order valence-electron chi connectivity index (χ3n) is 5.50. The van der Waals surface area contributed by atoms with Gasteiger partial charge in [-0.15, -0.1) is 0 Å². The van der Waals surface area contributed by atoms with Crippen molar-refractivity contribution in [2.45, 2.75) is 38.6 Å². The van der Waals surface area contributed by atoms with Gasteiger partial charge in [-0.3, -0.25) is 9.47 Å². The van der Waals surface area contributed by atoms with Crippen LogP contribution in [0.1, 0.15) is 32.6 Å². The van der Waals surface area contributed by atoms with Crippen molar-refractivity contribution in [2.24, 2.45) is 11.8 Å². The van der Waals surface area contributed by atoms with E-state index in [4.69, 9.17) is 0 Å². The van der Waals surface area contributed by atoms with E-state index in [0.29, 0.717) is 0 Å². The van der Waals surface area contributed by atoms with Gasteiger partial charge in [-0.25, -0.2) is 4.98 Å². The van der Waals surface area contributed by atoms with E-state index in [9.17, 15) is 4.79 Å². The first kappa shape index (κ1) is 16.3. The molecule has 0 saturated carbocycles. The first-order valence-electron chi connectivity index (χ1n) is 8.85. The summed E-state index contributed by atoms with van der Waals surface area (Å²) in [4.78, 5) is 21.0. The van der Waals surface area contributed by atoms with Crippen LogP contribution < -0.4 is 5.43 Å². The second kappa shape index (κ2) is 7.34. The van der Waals surface area contributed by atoms with Gasteiger partial charge in [-0.1, -0.05) is 0 Å². The van der Waals surface area contributed by atoms with Crippen LogP contribution in [-0.2, 0) is 4.79 Å². The Labute approximate surface area is 138 Å². The van der Waals surface area contributed by atoms with Crippen LogP contribution in [0.4, 0.5) is 0 Å². The van der Waals surface area contributed by atoms with Crippen LogP contribution in [0.25, 0.3) is 0 Å². The molecule has 2 aliphatic rings. The highest BCUT2D eigenvalue weighted by Gasteiger charge is 2.31. The van der Waals surface area contributed by atoms with Gasteiger partial charge in [0.05, 0.1) is 0 Å². The summed E-state index contributed by atoms with van der Waals surface area (Å²) in [7, 11) is 2.21. The Bertz CT molecular complexity index is 487. The van der Waals surface area contributed by atoms with Gasteiger partial charge in [0, 0.05) is 25.5 Å². The largest absolute Gasteiger partial charge is 0.341 e. The molecular formula is C17H29N5O. The molecule has 0 aliphatic carbocycles. The van der Waals surface area contributed by atoms with Crippen LogP contribution in [0, 0.1) is 11.8 Å². The summed E-state index contributed by atoms with van der Waals surface area (Å²) in [5.41, 5.74) is 3.16. The summed E-state index contributed by atoms with van der Waals surface area (Å²) in [6.07, 6.45) is 10.2. The van der Waals surface area contributed by atoms with E-state index < -0.39 is 0 Å². The van der Waals surface area contributed by atoms with Crippen LogP contribution in [0.2, 0.25) is 0 Å². The van der Waals surface area contributed by atoms with E-state index in [2.05, 4.69) is 22.4 Å². The van der Waals surface area contributed by atoms with Gasteiger partial charge < -0.3 is 15.2 Å². The fourth-order valence-electron chi connectivity index (χ4n) is 3.98. The molecule has 0 spiro atoms. The predicted octanol–water partition coefficient (Wildman–Crippen LogP) is 1.40. The molecule has 3 rings (SSSR count). The lowest BCUT2D eigenvalue weighted by molar-refractivity contribution is -0.133. The number of piperidine rings is 2. The molecule has 128 valence electrons. The fraction of sp³-hybridized carbons (Fsp3) is 0.765. The van der Waals surface area contributed by atoms with Gasteiger partial charge >= 0.3 is 0 Å². The molecular weight excluding hydrogens is 290 g/mol. The van der Waals surface area contributed by atoms with Gasteiger partial charge in [-0.2, -0.15) is 0 Å². The van der Waals surface area contributed by atoms with Crippen molar-refractivity contribution in [3.05, 3.63) is 18.7 Å². The Balaban J connectivity index is 1.45. The van der Waals surface area contributed by atoms with Crippen molar-refractivity contribution in [3.8, 4) is 0 Å². The Hall–Kier alpha value is -1.56. The first-order chi connectivity index (χ1) is 11.1. The number of nitrogens with zero attached hydrogens (tertiary/aromatic N) is 4. The number of amides is 1. The van der Waals surface area contributed by atoms with Gasteiger partial charge in [0.2, 0.25) is 5.91 Å². The SMILES string of the molecule is C[C@@H](Nn1ccnc1)C(=O)N1CCC(C2CCN(C)CC2)CC1. The average Bonchev–Trinajstić information content (AvgIpc) is 3.08. The monoisotopic (exact) mass is 319 g/mol. The maximum atomic E-state index is 12.6. The number of carbonyl (C=O) groups is 1. The molecule has 1 aromatic rings. The summed E-state index contributed by atoms with van der Waals surface area (Å²) in [6.45, 7) is 6.20. The van der Waals surface area contributed by atoms with Crippen molar-refractivity contribution >= 4 is 5.91 Å². The van der Waals surface area contributed by atoms with E-state index in [1.807, 2.05) is 18.0 Å². The summed E-state index contributed by atoms with van der Waals surface area (Å²) in [5, 5.41) is 0. The quantitative estimate of drug-likeness (QED) is 0.911. The minimum atomic E-state index is -0.218. The molecule has 2 fully saturated rings. The molecule has 1 amide bonds. The van der Waals surface area contributed by atoms with Gasteiger partial charge in [0.25, 0.3) is 0 Å². The number of hydrogen-bond acceptors (Lipinski definition) is 4. The summed E-state index contributed by atoms with van der Waals surface area (Å²) >= 11 is 0. The molecule has 1 aromatic heterocycles. The van der Waals surface area contributed by atoms with Crippen LogP contribution in [0.5, 0.6) is 0 Å². The van der Waals surface area contributed by atoms with E-state index in [-0.39, 0.29) is 11.9 Å². The molecule has 6 heteroatoms. The summed E-state index contributed by atoms with van der Waals surface area (Å²) in [6, 6.07) is -0.218. The second-order valence-electron chi connectivity index (χ2n) is 7.12. The lowest BCUT2D eigenvalue weighted by Crippen LogP contribution is -2.48. The zero-order valence-corrected chi connectivity index (χ0v) is 14.3. The summed E-state index contributed by atoms with van der Waals surface area (Å²) in [5.74, 6) is 1.87. The molecule has 2 aliphatic heterocycles. The molecule has 3 heterocycles. The van der Waals surface area contributed by atoms with E-state index >= 15 is 0 Å². The molecule has 6 nitrogen and oxygen atoms in total. The van der Waals surface area contributed by atoms with Crippen LogP contribution in [0.3, 0.4) is 0 Å². The zero-order chi connectivity index (χ0) is 16.2. The lowest BCUT2D eigenvalue weighted by atomic mass is 9.79. The van der Waals surface area contributed by atoms with E-state index in [0.717, 1.165) is 37.8 Å². The fourth-order valence-corrected chi connectivity index (χ4v) is 3.98. The van der Waals surface area contributed by atoms with Gasteiger partial charge in [0.1, 0.15) is 12.4 Å². The molecule has 0 radical (unpaired) electrons. The molecule has 1 N–H and O–H groups in total. The Kier molecular flexibility index (Phi) is 5.20. The van der Waals surface area contributed by atoms with Crippen LogP contribution >= 0.6 is 0 Å². The normalized spacial score (nSPS) is 23.0. The Morgan fingerprint density at radius 2 is 1.74 bits per heavy atom. The Morgan fingerprint density at radius 3 is 2.30 bits per heavy atom. The van der Waals surface area contributed by atoms with Crippen molar-refractivity contribution in [2.75, 3.05) is 38.7 Å². The van der Waals surface area contributed by atoms with Gasteiger partial charge in [0.15, 0.2) is 0 Å². The minimum absolute atomic E-state index is 0.195. The van der Waals surface area contributed by atoms with E-state index in [1.54, 1.807) is 17.2 Å². The van der Waals surface area contributed by atoms with Crippen molar-refractivity contribution in [1.29, 1.82) is 0 Å². The lowest BCUT2D eigenvalue weighted by Gasteiger charge is -2.40. The predicted molar refractivity (Wildman–Crippen MR) is 90.6 cm³/mol. The third-order valence-corrected chi connectivity index (χ3v) is 5.50. The summed E-state index contributed by atoms with van der Waals surface area (Å²) < 4.78 is 1.74. The highest BCUT2D eigenvalue weighted by atomic mass is 16.2. The number of carbonyl (C=O) groups excluding carboxylic acids is 1. The number of aromatic nitrogens is 2. The topological polar surface area (TPSA) is 53.4 Å². The molecule has 1 atom stereocenters. The number of likely N-dealkylation sites (tertiary alicyclic amines) is 2. The van der Waals surface area contributed by atoms with Crippen LogP contribution in [0.15, 0.2) is 18.7 Å². The average molecular weight is 319 g/mol. The van der Waals surface area contributed by atoms with Crippen molar-refractivity contribution < 1.29 is 4.79 Å². The van der Waals surface area contributed by atoms with E-state index in [1.165, 1.54) is 25.9 Å². The van der Waals surface area contributed by atoms with Gasteiger partial charge in [-0.05, 0) is 64.6 Å². The molecule has 23 heavy (non-hydrogen) atoms. The molecule has 2 saturated heterocycles. The number of hydrogen-bond donors (Lipinski definition) is 1. The molecule has 0 bridgehead atoms. The molecule has 0 aromatic carbocycles. The number of imidazole rings is 1. The standard InChI is InChI=1S/C17H29N5O/c1-14(19-22-12-7-18-13-22)17(23)21-10-5-16(6-11-21)15-3-8-20(2)9-4-15/h7,12-16,19H,3-6,8-11H2,1-2H3/t14-/m1/s1. The minimum Gasteiger partial charge on any atom is -0.341 e. The molecule has 0 unspecified atom stereocenters.